The normalized spacial score (nSPS) is 35.0. The highest BCUT2D eigenvalue weighted by Crippen LogP contribution is 2.61. The lowest BCUT2D eigenvalue weighted by Gasteiger charge is -2.59. The Labute approximate surface area is 174 Å². The second-order valence-electron chi connectivity index (χ2n) is 10.1. The van der Waals surface area contributed by atoms with Crippen molar-refractivity contribution >= 4 is 15.9 Å². The summed E-state index contributed by atoms with van der Waals surface area (Å²) in [7, 11) is -3.43. The average Bonchev–Trinajstić information content (AvgIpc) is 3.23. The van der Waals surface area contributed by atoms with Gasteiger partial charge in [-0.05, 0) is 106 Å². The summed E-state index contributed by atoms with van der Waals surface area (Å²) in [6, 6.07) is 6.64. The minimum Gasteiger partial charge on any atom is -0.349 e. The molecule has 6 heteroatoms. The Morgan fingerprint density at radius 3 is 2.03 bits per heavy atom. The fourth-order valence-corrected chi connectivity index (χ4v) is 8.51. The van der Waals surface area contributed by atoms with Gasteiger partial charge in [0, 0.05) is 24.7 Å². The number of rotatable bonds is 5. The molecule has 1 heterocycles. The first-order chi connectivity index (χ1) is 13.9. The van der Waals surface area contributed by atoms with E-state index in [4.69, 9.17) is 0 Å². The van der Waals surface area contributed by atoms with Gasteiger partial charge in [0.1, 0.15) is 0 Å². The van der Waals surface area contributed by atoms with Crippen molar-refractivity contribution in [3.63, 3.8) is 0 Å². The van der Waals surface area contributed by atoms with E-state index in [0.717, 1.165) is 30.6 Å². The van der Waals surface area contributed by atoms with E-state index in [2.05, 4.69) is 12.2 Å². The molecule has 0 radical (unpaired) electrons. The molecule has 1 unspecified atom stereocenters. The zero-order valence-electron chi connectivity index (χ0n) is 17.3. The van der Waals surface area contributed by atoms with Gasteiger partial charge in [-0.25, -0.2) is 8.42 Å². The van der Waals surface area contributed by atoms with E-state index in [1.54, 1.807) is 24.3 Å². The van der Waals surface area contributed by atoms with Crippen molar-refractivity contribution in [1.29, 1.82) is 0 Å². The van der Waals surface area contributed by atoms with Crippen molar-refractivity contribution in [3.05, 3.63) is 29.8 Å². The summed E-state index contributed by atoms with van der Waals surface area (Å²) in [6.45, 7) is 3.36. The van der Waals surface area contributed by atoms with Gasteiger partial charge in [0.25, 0.3) is 5.91 Å². The highest BCUT2D eigenvalue weighted by atomic mass is 32.2. The molecule has 5 fully saturated rings. The van der Waals surface area contributed by atoms with Crippen LogP contribution < -0.4 is 5.32 Å². The van der Waals surface area contributed by atoms with Gasteiger partial charge in [-0.1, -0.05) is 0 Å². The maximum absolute atomic E-state index is 12.9. The van der Waals surface area contributed by atoms with Crippen LogP contribution in [0.1, 0.15) is 68.6 Å². The Hall–Kier alpha value is -1.40. The second-order valence-corrected chi connectivity index (χ2v) is 12.0. The molecule has 1 aliphatic heterocycles. The molecule has 1 aromatic carbocycles. The van der Waals surface area contributed by atoms with Crippen molar-refractivity contribution < 1.29 is 13.2 Å². The maximum atomic E-state index is 12.9. The van der Waals surface area contributed by atoms with Gasteiger partial charge in [-0.3, -0.25) is 4.79 Å². The molecule has 1 N–H and O–H groups in total. The van der Waals surface area contributed by atoms with Crippen LogP contribution >= 0.6 is 0 Å². The molecular formula is C23H32N2O3S. The van der Waals surface area contributed by atoms with Gasteiger partial charge in [-0.15, -0.1) is 0 Å². The Bertz CT molecular complexity index is 852. The summed E-state index contributed by atoms with van der Waals surface area (Å²) in [5, 5.41) is 3.27. The Balaban J connectivity index is 1.28. The minimum atomic E-state index is -3.43. The molecule has 1 saturated heterocycles. The van der Waals surface area contributed by atoms with Crippen molar-refractivity contribution in [2.75, 3.05) is 13.1 Å². The van der Waals surface area contributed by atoms with Crippen LogP contribution in [-0.4, -0.2) is 37.8 Å². The number of amides is 1. The molecule has 4 bridgehead atoms. The molecule has 6 rings (SSSR count). The topological polar surface area (TPSA) is 66.5 Å². The first kappa shape index (κ1) is 19.6. The molecule has 1 atom stereocenters. The van der Waals surface area contributed by atoms with E-state index in [1.807, 2.05) is 0 Å². The van der Waals surface area contributed by atoms with Crippen LogP contribution in [-0.2, 0) is 10.0 Å². The molecule has 4 saturated carbocycles. The van der Waals surface area contributed by atoms with E-state index in [9.17, 15) is 13.2 Å². The third-order valence-electron chi connectivity index (χ3n) is 8.17. The van der Waals surface area contributed by atoms with E-state index < -0.39 is 10.0 Å². The molecule has 5 nitrogen and oxygen atoms in total. The largest absolute Gasteiger partial charge is 0.349 e. The van der Waals surface area contributed by atoms with Crippen LogP contribution in [0.4, 0.5) is 0 Å². The first-order valence-electron chi connectivity index (χ1n) is 11.3. The van der Waals surface area contributed by atoms with Crippen LogP contribution in [0, 0.1) is 23.2 Å². The molecule has 0 spiro atoms. The van der Waals surface area contributed by atoms with Gasteiger partial charge in [-0.2, -0.15) is 4.31 Å². The SMILES string of the molecule is CC(NC(=O)c1ccc(S(=O)(=O)N2CCCC2)cc1)C12CC3CC(CC(C3)C1)C2. The van der Waals surface area contributed by atoms with E-state index in [-0.39, 0.29) is 22.3 Å². The Morgan fingerprint density at radius 2 is 1.52 bits per heavy atom. The highest BCUT2D eigenvalue weighted by Gasteiger charge is 2.53. The van der Waals surface area contributed by atoms with Crippen molar-refractivity contribution in [1.82, 2.24) is 9.62 Å². The van der Waals surface area contributed by atoms with Gasteiger partial charge >= 0.3 is 0 Å². The molecule has 1 aromatic rings. The number of hydrogen-bond donors (Lipinski definition) is 1. The summed E-state index contributed by atoms with van der Waals surface area (Å²) in [5.74, 6) is 2.49. The lowest BCUT2D eigenvalue weighted by molar-refractivity contribution is -0.0688. The predicted molar refractivity (Wildman–Crippen MR) is 112 cm³/mol. The molecule has 158 valence electrons. The number of nitrogens with one attached hydrogen (secondary N) is 1. The molecular weight excluding hydrogens is 384 g/mol. The number of carbonyl (C=O) groups excluding carboxylic acids is 1. The van der Waals surface area contributed by atoms with E-state index >= 15 is 0 Å². The molecule has 1 amide bonds. The molecule has 29 heavy (non-hydrogen) atoms. The van der Waals surface area contributed by atoms with Crippen LogP contribution in [0.15, 0.2) is 29.2 Å². The number of sulfonamides is 1. The average molecular weight is 417 g/mol. The maximum Gasteiger partial charge on any atom is 0.251 e. The lowest BCUT2D eigenvalue weighted by Crippen LogP contribution is -2.55. The molecule has 5 aliphatic rings. The molecule has 4 aliphatic carbocycles. The van der Waals surface area contributed by atoms with Crippen LogP contribution in [0.5, 0.6) is 0 Å². The Morgan fingerprint density at radius 1 is 1.00 bits per heavy atom. The van der Waals surface area contributed by atoms with Crippen LogP contribution in [0.2, 0.25) is 0 Å². The van der Waals surface area contributed by atoms with E-state index in [0.29, 0.717) is 18.7 Å². The minimum absolute atomic E-state index is 0.0848. The zero-order valence-corrected chi connectivity index (χ0v) is 18.1. The summed E-state index contributed by atoms with van der Waals surface area (Å²) in [6.07, 6.45) is 9.80. The summed E-state index contributed by atoms with van der Waals surface area (Å²) >= 11 is 0. The second kappa shape index (κ2) is 7.09. The number of carbonyl (C=O) groups is 1. The number of benzene rings is 1. The highest BCUT2D eigenvalue weighted by molar-refractivity contribution is 7.89. The quantitative estimate of drug-likeness (QED) is 0.794. The smallest absolute Gasteiger partial charge is 0.251 e. The monoisotopic (exact) mass is 416 g/mol. The lowest BCUT2D eigenvalue weighted by atomic mass is 9.48. The van der Waals surface area contributed by atoms with E-state index in [1.165, 1.54) is 42.8 Å². The summed E-state index contributed by atoms with van der Waals surface area (Å²) in [5.41, 5.74) is 0.811. The third kappa shape index (κ3) is 3.42. The standard InChI is InChI=1S/C23H32N2O3S/c1-16(23-13-17-10-18(14-23)12-19(11-17)15-23)24-22(26)20-4-6-21(7-5-20)29(27,28)25-8-2-3-9-25/h4-7,16-19H,2-3,8-15H2,1H3,(H,24,26). The summed E-state index contributed by atoms with van der Waals surface area (Å²) < 4.78 is 26.9. The number of nitrogens with zero attached hydrogens (tertiary/aromatic N) is 1. The summed E-state index contributed by atoms with van der Waals surface area (Å²) in [4.78, 5) is 13.2. The van der Waals surface area contributed by atoms with Crippen molar-refractivity contribution in [2.45, 2.75) is 69.2 Å². The first-order valence-corrected chi connectivity index (χ1v) is 12.7. The fraction of sp³-hybridized carbons (Fsp3) is 0.696. The number of hydrogen-bond acceptors (Lipinski definition) is 3. The third-order valence-corrected chi connectivity index (χ3v) is 10.1. The van der Waals surface area contributed by atoms with Crippen molar-refractivity contribution in [2.24, 2.45) is 23.2 Å². The van der Waals surface area contributed by atoms with Gasteiger partial charge < -0.3 is 5.32 Å². The van der Waals surface area contributed by atoms with Crippen LogP contribution in [0.25, 0.3) is 0 Å². The Kier molecular flexibility index (Phi) is 4.78. The molecule has 0 aromatic heterocycles. The van der Waals surface area contributed by atoms with Crippen LogP contribution in [0.3, 0.4) is 0 Å². The van der Waals surface area contributed by atoms with Crippen molar-refractivity contribution in [3.8, 4) is 0 Å². The zero-order chi connectivity index (χ0) is 20.2. The van der Waals surface area contributed by atoms with Gasteiger partial charge in [0.15, 0.2) is 0 Å². The predicted octanol–water partition coefficient (Wildman–Crippen LogP) is 3.81. The fourth-order valence-electron chi connectivity index (χ4n) is 7.00. The van der Waals surface area contributed by atoms with Gasteiger partial charge in [0.05, 0.1) is 4.90 Å². The van der Waals surface area contributed by atoms with Gasteiger partial charge in [0.2, 0.25) is 10.0 Å².